The molecule has 5 heteroatoms. The summed E-state index contributed by atoms with van der Waals surface area (Å²) in [5.41, 5.74) is 0.245. The van der Waals surface area contributed by atoms with Crippen molar-refractivity contribution in [3.63, 3.8) is 0 Å². The third-order valence-corrected chi connectivity index (χ3v) is 1.44. The number of hydrogen-bond donors (Lipinski definition) is 2. The van der Waals surface area contributed by atoms with E-state index in [4.69, 9.17) is 10.0 Å². The van der Waals surface area contributed by atoms with Crippen molar-refractivity contribution in [1.82, 2.24) is 4.98 Å². The summed E-state index contributed by atoms with van der Waals surface area (Å²) in [7, 11) is -1.49. The molecule has 0 amide bonds. The van der Waals surface area contributed by atoms with Crippen LogP contribution in [0.2, 0.25) is 0 Å². The number of aromatic nitrogens is 1. The maximum absolute atomic E-state index is 8.62. The molecule has 0 atom stereocenters. The fraction of sp³-hybridized carbons (Fsp3) is 0. The van der Waals surface area contributed by atoms with Gasteiger partial charge in [0, 0.05) is 0 Å². The predicted octanol–water partition coefficient (Wildman–Crippen LogP) is -0.476. The molecule has 0 radical (unpaired) electrons. The average Bonchev–Trinajstić information content (AvgIpc) is 1.88. The third kappa shape index (κ3) is 1.80. The average molecular weight is 202 g/mol. The Kier molecular flexibility index (Phi) is 2.42. The Morgan fingerprint density at radius 1 is 1.40 bits per heavy atom. The van der Waals surface area contributed by atoms with E-state index in [9.17, 15) is 0 Å². The number of rotatable bonds is 1. The minimum Gasteiger partial charge on any atom is -0.422 e. The smallest absolute Gasteiger partial charge is 0.422 e. The molecule has 0 aliphatic rings. The highest BCUT2D eigenvalue weighted by atomic mass is 79.9. The Bertz CT molecular complexity index is 231. The van der Waals surface area contributed by atoms with Crippen LogP contribution in [0, 0.1) is 0 Å². The molecule has 0 aliphatic heterocycles. The van der Waals surface area contributed by atoms with E-state index in [2.05, 4.69) is 20.9 Å². The third-order valence-electron chi connectivity index (χ3n) is 1.00. The molecule has 0 saturated carbocycles. The number of nitrogens with zero attached hydrogens (tertiary/aromatic N) is 1. The molecule has 10 heavy (non-hydrogen) atoms. The van der Waals surface area contributed by atoms with E-state index in [1.165, 1.54) is 6.07 Å². The van der Waals surface area contributed by atoms with Gasteiger partial charge in [-0.2, -0.15) is 0 Å². The number of hydrogen-bond acceptors (Lipinski definition) is 3. The van der Waals surface area contributed by atoms with Gasteiger partial charge in [0.2, 0.25) is 0 Å². The lowest BCUT2D eigenvalue weighted by atomic mass is 9.86. The van der Waals surface area contributed by atoms with Crippen LogP contribution in [-0.2, 0) is 0 Å². The minimum absolute atomic E-state index is 0.245. The maximum Gasteiger partial charge on any atom is 0.508 e. The highest BCUT2D eigenvalue weighted by molar-refractivity contribution is 9.10. The van der Waals surface area contributed by atoms with Crippen molar-refractivity contribution < 1.29 is 10.0 Å². The van der Waals surface area contributed by atoms with Gasteiger partial charge in [0.1, 0.15) is 4.60 Å². The van der Waals surface area contributed by atoms with Crippen LogP contribution in [0.1, 0.15) is 0 Å². The fourth-order valence-electron chi connectivity index (χ4n) is 0.568. The molecule has 3 nitrogen and oxygen atoms in total. The summed E-state index contributed by atoms with van der Waals surface area (Å²) in [5.74, 6) is 0. The van der Waals surface area contributed by atoms with Crippen molar-refractivity contribution in [1.29, 1.82) is 0 Å². The molecule has 0 fully saturated rings. The molecule has 1 heterocycles. The van der Waals surface area contributed by atoms with Gasteiger partial charge in [0.05, 0.1) is 5.59 Å². The van der Waals surface area contributed by atoms with Gasteiger partial charge < -0.3 is 10.0 Å². The van der Waals surface area contributed by atoms with Crippen molar-refractivity contribution in [2.75, 3.05) is 0 Å². The normalized spacial score (nSPS) is 9.50. The molecule has 1 rings (SSSR count). The van der Waals surface area contributed by atoms with E-state index in [1.807, 2.05) is 0 Å². The van der Waals surface area contributed by atoms with Crippen LogP contribution in [0.4, 0.5) is 0 Å². The lowest BCUT2D eigenvalue weighted by molar-refractivity contribution is 0.424. The first kappa shape index (κ1) is 7.72. The van der Waals surface area contributed by atoms with Gasteiger partial charge in [-0.05, 0) is 28.1 Å². The van der Waals surface area contributed by atoms with Gasteiger partial charge in [-0.15, -0.1) is 0 Å². The molecular weight excluding hydrogens is 197 g/mol. The van der Waals surface area contributed by atoms with Crippen LogP contribution in [0.3, 0.4) is 0 Å². The summed E-state index contributed by atoms with van der Waals surface area (Å²) < 4.78 is 0.595. The Morgan fingerprint density at radius 3 is 2.50 bits per heavy atom. The van der Waals surface area contributed by atoms with Crippen LogP contribution < -0.4 is 5.59 Å². The molecule has 0 aliphatic carbocycles. The summed E-state index contributed by atoms with van der Waals surface area (Å²) in [5, 5.41) is 17.2. The lowest BCUT2D eigenvalue weighted by Gasteiger charge is -1.96. The SMILES string of the molecule is OB(O)c1cccc(Br)n1. The maximum atomic E-state index is 8.62. The van der Waals surface area contributed by atoms with E-state index in [0.29, 0.717) is 4.60 Å². The highest BCUT2D eigenvalue weighted by Gasteiger charge is 2.11. The van der Waals surface area contributed by atoms with Gasteiger partial charge in [-0.25, -0.2) is 4.98 Å². The van der Waals surface area contributed by atoms with Crippen LogP contribution in [0.5, 0.6) is 0 Å². The van der Waals surface area contributed by atoms with E-state index < -0.39 is 7.12 Å². The van der Waals surface area contributed by atoms with Crippen molar-refractivity contribution in [3.8, 4) is 0 Å². The number of pyridine rings is 1. The summed E-state index contributed by atoms with van der Waals surface area (Å²) >= 11 is 3.10. The fourth-order valence-corrected chi connectivity index (χ4v) is 0.925. The second-order valence-corrected chi connectivity index (χ2v) is 2.57. The topological polar surface area (TPSA) is 53.4 Å². The van der Waals surface area contributed by atoms with Crippen LogP contribution in [-0.4, -0.2) is 22.2 Å². The zero-order valence-electron chi connectivity index (χ0n) is 5.03. The highest BCUT2D eigenvalue weighted by Crippen LogP contribution is 2.00. The van der Waals surface area contributed by atoms with Crippen LogP contribution in [0.15, 0.2) is 22.8 Å². The summed E-state index contributed by atoms with van der Waals surface area (Å²) in [6.45, 7) is 0. The molecule has 2 N–H and O–H groups in total. The first-order valence-electron chi connectivity index (χ1n) is 2.69. The molecule has 0 spiro atoms. The Hall–Kier alpha value is -0.385. The van der Waals surface area contributed by atoms with Crippen molar-refractivity contribution in [3.05, 3.63) is 22.8 Å². The lowest BCUT2D eigenvalue weighted by Crippen LogP contribution is -2.32. The molecular formula is C5H5BBrNO2. The second-order valence-electron chi connectivity index (χ2n) is 1.76. The molecule has 0 bridgehead atoms. The molecule has 0 saturated heterocycles. The summed E-state index contributed by atoms with van der Waals surface area (Å²) in [6, 6.07) is 4.94. The standard InChI is InChI=1S/C5H5BBrNO2/c7-5-3-1-2-4(8-5)6(9)10/h1-3,9-10H. The van der Waals surface area contributed by atoms with Crippen LogP contribution >= 0.6 is 15.9 Å². The van der Waals surface area contributed by atoms with Gasteiger partial charge in [0.15, 0.2) is 0 Å². The molecule has 52 valence electrons. The molecule has 1 aromatic heterocycles. The van der Waals surface area contributed by atoms with Gasteiger partial charge in [0.25, 0.3) is 0 Å². The minimum atomic E-state index is -1.49. The Morgan fingerprint density at radius 2 is 2.10 bits per heavy atom. The molecule has 0 aromatic carbocycles. The monoisotopic (exact) mass is 201 g/mol. The second kappa shape index (κ2) is 3.14. The van der Waals surface area contributed by atoms with E-state index >= 15 is 0 Å². The predicted molar refractivity (Wildman–Crippen MR) is 41.8 cm³/mol. The zero-order valence-corrected chi connectivity index (χ0v) is 6.62. The summed E-state index contributed by atoms with van der Waals surface area (Å²) in [4.78, 5) is 3.79. The largest absolute Gasteiger partial charge is 0.508 e. The number of halogens is 1. The van der Waals surface area contributed by atoms with Gasteiger partial charge in [-0.3, -0.25) is 0 Å². The Labute approximate surface area is 67.0 Å². The molecule has 0 unspecified atom stereocenters. The van der Waals surface area contributed by atoms with E-state index in [0.717, 1.165) is 0 Å². The van der Waals surface area contributed by atoms with Crippen molar-refractivity contribution in [2.24, 2.45) is 0 Å². The van der Waals surface area contributed by atoms with E-state index in [-0.39, 0.29) is 5.59 Å². The van der Waals surface area contributed by atoms with E-state index in [1.54, 1.807) is 12.1 Å². The first-order chi connectivity index (χ1) is 4.70. The Balaban J connectivity index is 2.96. The molecule has 1 aromatic rings. The van der Waals surface area contributed by atoms with Gasteiger partial charge in [-0.1, -0.05) is 6.07 Å². The zero-order chi connectivity index (χ0) is 7.56. The first-order valence-corrected chi connectivity index (χ1v) is 3.48. The van der Waals surface area contributed by atoms with Crippen molar-refractivity contribution >= 4 is 28.6 Å². The van der Waals surface area contributed by atoms with Crippen LogP contribution in [0.25, 0.3) is 0 Å². The summed E-state index contributed by atoms with van der Waals surface area (Å²) in [6.07, 6.45) is 0. The quantitative estimate of drug-likeness (QED) is 0.477. The van der Waals surface area contributed by atoms with Crippen molar-refractivity contribution in [2.45, 2.75) is 0 Å². The van der Waals surface area contributed by atoms with Gasteiger partial charge >= 0.3 is 7.12 Å².